The standard InChI is InChI=1S/C13H17NO4.C8H5NO2/c1-2-11(15)18-8-7-14-12(16)9-5-3-4-6-10(9)13(14)17;10-7-5-3-1-2-4-6(5)8(11)9-7/h2,9-10H,1,3-8H2;1-4H,(H,9,10,11). The van der Waals surface area contributed by atoms with Crippen LogP contribution in [0.5, 0.6) is 0 Å². The zero-order chi connectivity index (χ0) is 21.0. The largest absolute Gasteiger partial charge is 0.461 e. The number of amides is 4. The third-order valence-corrected chi connectivity index (χ3v) is 5.30. The summed E-state index contributed by atoms with van der Waals surface area (Å²) in [6, 6.07) is 6.74. The average molecular weight is 398 g/mol. The fourth-order valence-corrected chi connectivity index (χ4v) is 3.86. The molecule has 8 heteroatoms. The second-order valence-corrected chi connectivity index (χ2v) is 7.03. The van der Waals surface area contributed by atoms with Crippen molar-refractivity contribution in [3.63, 3.8) is 0 Å². The van der Waals surface area contributed by atoms with Crippen molar-refractivity contribution in [1.82, 2.24) is 10.2 Å². The molecule has 8 nitrogen and oxygen atoms in total. The van der Waals surface area contributed by atoms with Gasteiger partial charge in [-0.05, 0) is 25.0 Å². The monoisotopic (exact) mass is 398 g/mol. The van der Waals surface area contributed by atoms with Gasteiger partial charge in [0.2, 0.25) is 11.8 Å². The predicted octanol–water partition coefficient (Wildman–Crippen LogP) is 1.46. The van der Waals surface area contributed by atoms with Crippen molar-refractivity contribution in [3.05, 3.63) is 48.0 Å². The number of imide groups is 2. The minimum Gasteiger partial charge on any atom is -0.461 e. The Bertz CT molecular complexity index is 821. The normalized spacial score (nSPS) is 22.3. The van der Waals surface area contributed by atoms with Crippen LogP contribution >= 0.6 is 0 Å². The lowest BCUT2D eigenvalue weighted by molar-refractivity contribution is -0.145. The molecule has 1 saturated carbocycles. The van der Waals surface area contributed by atoms with Gasteiger partial charge in [0, 0.05) is 6.08 Å². The molecule has 152 valence electrons. The van der Waals surface area contributed by atoms with Gasteiger partial charge in [-0.2, -0.15) is 0 Å². The van der Waals surface area contributed by atoms with Gasteiger partial charge in [-0.25, -0.2) is 4.79 Å². The number of hydrogen-bond donors (Lipinski definition) is 1. The van der Waals surface area contributed by atoms with Gasteiger partial charge in [0.15, 0.2) is 0 Å². The molecular weight excluding hydrogens is 376 g/mol. The molecule has 2 heterocycles. The van der Waals surface area contributed by atoms with E-state index in [9.17, 15) is 24.0 Å². The number of benzene rings is 1. The fraction of sp³-hybridized carbons (Fsp3) is 0.381. The van der Waals surface area contributed by atoms with Gasteiger partial charge in [0.1, 0.15) is 6.61 Å². The van der Waals surface area contributed by atoms with Gasteiger partial charge in [-0.15, -0.1) is 0 Å². The highest BCUT2D eigenvalue weighted by Crippen LogP contribution is 2.37. The second-order valence-electron chi connectivity index (χ2n) is 7.03. The van der Waals surface area contributed by atoms with Crippen LogP contribution in [-0.4, -0.2) is 47.6 Å². The highest BCUT2D eigenvalue weighted by atomic mass is 16.5. The summed E-state index contributed by atoms with van der Waals surface area (Å²) >= 11 is 0. The third kappa shape index (κ3) is 4.26. The minimum atomic E-state index is -0.536. The van der Waals surface area contributed by atoms with Gasteiger partial charge >= 0.3 is 5.97 Å². The quantitative estimate of drug-likeness (QED) is 0.467. The minimum absolute atomic E-state index is 0.0434. The van der Waals surface area contributed by atoms with Crippen LogP contribution in [0.25, 0.3) is 0 Å². The Labute approximate surface area is 167 Å². The molecule has 1 N–H and O–H groups in total. The number of likely N-dealkylation sites (tertiary alicyclic amines) is 1. The Morgan fingerprint density at radius 3 is 2.03 bits per heavy atom. The van der Waals surface area contributed by atoms with Gasteiger partial charge in [-0.1, -0.05) is 31.6 Å². The van der Waals surface area contributed by atoms with E-state index < -0.39 is 5.97 Å². The first-order valence-electron chi connectivity index (χ1n) is 9.53. The summed E-state index contributed by atoms with van der Waals surface area (Å²) in [6.07, 6.45) is 4.70. The third-order valence-electron chi connectivity index (χ3n) is 5.30. The molecular formula is C21H22N2O6. The number of nitrogens with zero attached hydrogens (tertiary/aromatic N) is 1. The lowest BCUT2D eigenvalue weighted by atomic mass is 9.81. The molecule has 2 unspecified atom stereocenters. The van der Waals surface area contributed by atoms with Crippen molar-refractivity contribution in [2.45, 2.75) is 25.7 Å². The van der Waals surface area contributed by atoms with Crippen LogP contribution in [0, 0.1) is 11.8 Å². The number of nitrogens with one attached hydrogen (secondary N) is 1. The highest BCUT2D eigenvalue weighted by molar-refractivity contribution is 6.21. The number of carbonyl (C=O) groups excluding carboxylic acids is 5. The molecule has 0 bridgehead atoms. The molecule has 1 aliphatic carbocycles. The number of ether oxygens (including phenoxy) is 1. The van der Waals surface area contributed by atoms with Gasteiger partial charge < -0.3 is 4.74 Å². The number of hydrogen-bond acceptors (Lipinski definition) is 6. The Balaban J connectivity index is 0.000000186. The van der Waals surface area contributed by atoms with Crippen LogP contribution in [0.15, 0.2) is 36.9 Å². The Morgan fingerprint density at radius 1 is 1.03 bits per heavy atom. The van der Waals surface area contributed by atoms with Gasteiger partial charge in [0.25, 0.3) is 11.8 Å². The lowest BCUT2D eigenvalue weighted by Gasteiger charge is -2.19. The smallest absolute Gasteiger partial charge is 0.330 e. The fourth-order valence-electron chi connectivity index (χ4n) is 3.86. The van der Waals surface area contributed by atoms with E-state index in [0.717, 1.165) is 31.8 Å². The van der Waals surface area contributed by atoms with Gasteiger partial charge in [-0.3, -0.25) is 29.4 Å². The number of rotatable bonds is 4. The maximum absolute atomic E-state index is 12.0. The molecule has 0 spiro atoms. The van der Waals surface area contributed by atoms with E-state index in [1.807, 2.05) is 0 Å². The molecule has 1 aromatic carbocycles. The van der Waals surface area contributed by atoms with Crippen LogP contribution in [0.2, 0.25) is 0 Å². The van der Waals surface area contributed by atoms with Crippen LogP contribution < -0.4 is 5.32 Å². The highest BCUT2D eigenvalue weighted by Gasteiger charge is 2.47. The average Bonchev–Trinajstić information content (AvgIpc) is 3.17. The molecule has 4 amide bonds. The molecule has 2 atom stereocenters. The maximum Gasteiger partial charge on any atom is 0.330 e. The molecule has 2 fully saturated rings. The SMILES string of the molecule is C=CC(=O)OCCN1C(=O)C2CCCCC2C1=O.O=C1NC(=O)c2ccccc21. The number of fused-ring (bicyclic) bond motifs is 2. The van der Waals surface area contributed by atoms with E-state index in [4.69, 9.17) is 4.74 Å². The zero-order valence-corrected chi connectivity index (χ0v) is 15.9. The predicted molar refractivity (Wildman–Crippen MR) is 102 cm³/mol. The van der Waals surface area contributed by atoms with E-state index >= 15 is 0 Å². The Hall–Kier alpha value is -3.29. The summed E-state index contributed by atoms with van der Waals surface area (Å²) in [4.78, 5) is 58.1. The van der Waals surface area contributed by atoms with Crippen molar-refractivity contribution in [2.75, 3.05) is 13.2 Å². The molecule has 0 radical (unpaired) electrons. The van der Waals surface area contributed by atoms with E-state index in [0.29, 0.717) is 11.1 Å². The van der Waals surface area contributed by atoms with Crippen LogP contribution in [0.3, 0.4) is 0 Å². The van der Waals surface area contributed by atoms with E-state index in [1.54, 1.807) is 24.3 Å². The zero-order valence-electron chi connectivity index (χ0n) is 15.9. The molecule has 1 saturated heterocycles. The Kier molecular flexibility index (Phi) is 6.21. The molecule has 1 aromatic rings. The first-order valence-corrected chi connectivity index (χ1v) is 9.53. The molecule has 3 aliphatic rings. The van der Waals surface area contributed by atoms with Crippen LogP contribution in [0.1, 0.15) is 46.4 Å². The summed E-state index contributed by atoms with van der Waals surface area (Å²) in [7, 11) is 0. The van der Waals surface area contributed by atoms with Crippen molar-refractivity contribution >= 4 is 29.6 Å². The van der Waals surface area contributed by atoms with Gasteiger partial charge in [0.05, 0.1) is 29.5 Å². The molecule has 4 rings (SSSR count). The maximum atomic E-state index is 12.0. The summed E-state index contributed by atoms with van der Waals surface area (Å²) in [5.74, 6) is -1.61. The lowest BCUT2D eigenvalue weighted by Crippen LogP contribution is -2.34. The van der Waals surface area contributed by atoms with Crippen LogP contribution in [-0.2, 0) is 19.1 Å². The first kappa shape index (κ1) is 20.4. The summed E-state index contributed by atoms with van der Waals surface area (Å²) in [5, 5.41) is 2.20. The van der Waals surface area contributed by atoms with E-state index in [1.165, 1.54) is 4.90 Å². The van der Waals surface area contributed by atoms with Crippen molar-refractivity contribution in [1.29, 1.82) is 0 Å². The van der Waals surface area contributed by atoms with E-state index in [2.05, 4.69) is 11.9 Å². The molecule has 2 aliphatic heterocycles. The Morgan fingerprint density at radius 2 is 1.55 bits per heavy atom. The molecule has 29 heavy (non-hydrogen) atoms. The summed E-state index contributed by atoms with van der Waals surface area (Å²) in [6.45, 7) is 3.48. The van der Waals surface area contributed by atoms with Crippen molar-refractivity contribution in [2.24, 2.45) is 11.8 Å². The van der Waals surface area contributed by atoms with E-state index in [-0.39, 0.29) is 48.6 Å². The number of esters is 1. The second kappa shape index (κ2) is 8.81. The molecule has 0 aromatic heterocycles. The summed E-state index contributed by atoms with van der Waals surface area (Å²) in [5.41, 5.74) is 0.940. The first-order chi connectivity index (χ1) is 13.9. The van der Waals surface area contributed by atoms with Crippen molar-refractivity contribution in [3.8, 4) is 0 Å². The number of carbonyl (C=O) groups is 5. The topological polar surface area (TPSA) is 110 Å². The van der Waals surface area contributed by atoms with Crippen molar-refractivity contribution < 1.29 is 28.7 Å². The van der Waals surface area contributed by atoms with Crippen LogP contribution in [0.4, 0.5) is 0 Å². The summed E-state index contributed by atoms with van der Waals surface area (Å²) < 4.78 is 4.80.